The third-order valence-electron chi connectivity index (χ3n) is 4.33. The smallest absolute Gasteiger partial charge is 0.311 e. The van der Waals surface area contributed by atoms with E-state index in [0.29, 0.717) is 13.2 Å². The topological polar surface area (TPSA) is 64.8 Å². The second-order valence-electron chi connectivity index (χ2n) is 5.78. The fourth-order valence-corrected chi connectivity index (χ4v) is 3.03. The lowest BCUT2D eigenvalue weighted by atomic mass is 10.0. The average Bonchev–Trinajstić information content (AvgIpc) is 2.61. The lowest BCUT2D eigenvalue weighted by molar-refractivity contribution is -0.385. The van der Waals surface area contributed by atoms with E-state index in [1.54, 1.807) is 12.1 Å². The molecule has 1 saturated heterocycles. The van der Waals surface area contributed by atoms with E-state index in [1.165, 1.54) is 24.3 Å². The molecular formula is C18H20N2O4. The van der Waals surface area contributed by atoms with E-state index in [9.17, 15) is 10.1 Å². The van der Waals surface area contributed by atoms with Gasteiger partial charge in [-0.05, 0) is 24.1 Å². The lowest BCUT2D eigenvalue weighted by Crippen LogP contribution is -2.38. The molecule has 2 aromatic carbocycles. The second kappa shape index (κ2) is 6.88. The molecule has 0 amide bonds. The largest absolute Gasteiger partial charge is 0.490 e. The number of anilines is 1. The third kappa shape index (κ3) is 3.19. The average molecular weight is 328 g/mol. The van der Waals surface area contributed by atoms with Crippen LogP contribution in [0.4, 0.5) is 11.4 Å². The number of morpholine rings is 1. The van der Waals surface area contributed by atoms with Gasteiger partial charge in [-0.3, -0.25) is 10.1 Å². The predicted molar refractivity (Wildman–Crippen MR) is 91.7 cm³/mol. The molecule has 24 heavy (non-hydrogen) atoms. The van der Waals surface area contributed by atoms with E-state index in [4.69, 9.17) is 9.47 Å². The normalized spacial score (nSPS) is 17.6. The van der Waals surface area contributed by atoms with Crippen LogP contribution in [0, 0.1) is 17.0 Å². The zero-order valence-electron chi connectivity index (χ0n) is 13.8. The van der Waals surface area contributed by atoms with E-state index in [-0.39, 0.29) is 17.5 Å². The molecule has 6 heteroatoms. The lowest BCUT2D eigenvalue weighted by Gasteiger charge is -2.35. The molecule has 6 nitrogen and oxygen atoms in total. The Labute approximate surface area is 140 Å². The summed E-state index contributed by atoms with van der Waals surface area (Å²) in [4.78, 5) is 12.8. The minimum atomic E-state index is -0.432. The van der Waals surface area contributed by atoms with Crippen molar-refractivity contribution in [2.75, 3.05) is 31.7 Å². The highest BCUT2D eigenvalue weighted by molar-refractivity contribution is 5.59. The van der Waals surface area contributed by atoms with E-state index in [2.05, 4.69) is 24.0 Å². The first-order valence-corrected chi connectivity index (χ1v) is 7.84. The molecule has 0 radical (unpaired) electrons. The van der Waals surface area contributed by atoms with Crippen LogP contribution in [0.15, 0.2) is 42.5 Å². The van der Waals surface area contributed by atoms with Crippen LogP contribution < -0.4 is 9.64 Å². The van der Waals surface area contributed by atoms with Crippen molar-refractivity contribution >= 4 is 11.4 Å². The first-order chi connectivity index (χ1) is 11.6. The van der Waals surface area contributed by atoms with E-state index < -0.39 is 4.92 Å². The maximum absolute atomic E-state index is 11.0. The summed E-state index contributed by atoms with van der Waals surface area (Å²) >= 11 is 0. The van der Waals surface area contributed by atoms with E-state index in [1.807, 2.05) is 12.1 Å². The number of rotatable bonds is 4. The number of aryl methyl sites for hydroxylation is 1. The predicted octanol–water partition coefficient (Wildman–Crippen LogP) is 3.49. The number of hydrogen-bond acceptors (Lipinski definition) is 5. The van der Waals surface area contributed by atoms with Gasteiger partial charge in [0.05, 0.1) is 18.6 Å². The summed E-state index contributed by atoms with van der Waals surface area (Å²) in [7, 11) is 1.45. The van der Waals surface area contributed by atoms with Crippen molar-refractivity contribution < 1.29 is 14.4 Å². The quantitative estimate of drug-likeness (QED) is 0.635. The molecule has 3 rings (SSSR count). The number of nitro groups is 1. The monoisotopic (exact) mass is 328 g/mol. The van der Waals surface area contributed by atoms with Gasteiger partial charge in [0.1, 0.15) is 6.10 Å². The number of methoxy groups -OCH3 is 1. The molecule has 1 aliphatic heterocycles. The Morgan fingerprint density at radius 1 is 1.29 bits per heavy atom. The van der Waals surface area contributed by atoms with Gasteiger partial charge in [-0.2, -0.15) is 0 Å². The maximum atomic E-state index is 11.0. The van der Waals surface area contributed by atoms with Gasteiger partial charge < -0.3 is 14.4 Å². The Morgan fingerprint density at radius 2 is 2.08 bits per heavy atom. The van der Waals surface area contributed by atoms with Crippen molar-refractivity contribution in [1.82, 2.24) is 0 Å². The summed E-state index contributed by atoms with van der Waals surface area (Å²) in [5.74, 6) is 0.274. The van der Waals surface area contributed by atoms with Gasteiger partial charge in [-0.25, -0.2) is 0 Å². The van der Waals surface area contributed by atoms with Crippen LogP contribution in [0.5, 0.6) is 5.75 Å². The van der Waals surface area contributed by atoms with Gasteiger partial charge in [0.2, 0.25) is 0 Å². The Hall–Kier alpha value is -2.60. The van der Waals surface area contributed by atoms with Crippen LogP contribution in [0.3, 0.4) is 0 Å². The van der Waals surface area contributed by atoms with Gasteiger partial charge in [0, 0.05) is 30.9 Å². The minimum Gasteiger partial charge on any atom is -0.490 e. The van der Waals surface area contributed by atoms with Crippen LogP contribution in [0.25, 0.3) is 0 Å². The molecule has 0 N–H and O–H groups in total. The number of ether oxygens (including phenoxy) is 2. The van der Waals surface area contributed by atoms with Crippen LogP contribution in [0.1, 0.15) is 17.2 Å². The first kappa shape index (κ1) is 16.3. The highest BCUT2D eigenvalue weighted by Gasteiger charge is 2.25. The Balaban J connectivity index is 1.85. The number of nitrogens with zero attached hydrogens (tertiary/aromatic N) is 2. The Kier molecular flexibility index (Phi) is 4.66. The Bertz CT molecular complexity index is 748. The molecule has 1 heterocycles. The summed E-state index contributed by atoms with van der Waals surface area (Å²) in [5, 5.41) is 11.0. The van der Waals surface area contributed by atoms with Gasteiger partial charge in [-0.1, -0.05) is 24.3 Å². The molecule has 126 valence electrons. The summed E-state index contributed by atoms with van der Waals surface area (Å²) < 4.78 is 11.1. The van der Waals surface area contributed by atoms with Gasteiger partial charge >= 0.3 is 5.69 Å². The highest BCUT2D eigenvalue weighted by atomic mass is 16.6. The van der Waals surface area contributed by atoms with E-state index >= 15 is 0 Å². The van der Waals surface area contributed by atoms with Crippen molar-refractivity contribution in [3.8, 4) is 5.75 Å². The summed E-state index contributed by atoms with van der Waals surface area (Å²) in [6.45, 7) is 4.13. The molecule has 0 aromatic heterocycles. The summed E-state index contributed by atoms with van der Waals surface area (Å²) in [6, 6.07) is 13.2. The highest BCUT2D eigenvalue weighted by Crippen LogP contribution is 2.34. The molecular weight excluding hydrogens is 308 g/mol. The molecule has 1 unspecified atom stereocenters. The number of nitro benzene ring substituents is 1. The number of hydrogen-bond donors (Lipinski definition) is 0. The minimum absolute atomic E-state index is 0.0128. The molecule has 1 aliphatic rings. The van der Waals surface area contributed by atoms with Crippen molar-refractivity contribution in [3.05, 3.63) is 63.7 Å². The molecule has 0 aliphatic carbocycles. The molecule has 1 atom stereocenters. The zero-order valence-corrected chi connectivity index (χ0v) is 13.8. The zero-order chi connectivity index (χ0) is 17.1. The molecule has 2 aromatic rings. The van der Waals surface area contributed by atoms with Gasteiger partial charge in [0.25, 0.3) is 0 Å². The van der Waals surface area contributed by atoms with Crippen molar-refractivity contribution in [1.29, 1.82) is 0 Å². The van der Waals surface area contributed by atoms with Gasteiger partial charge in [-0.15, -0.1) is 0 Å². The summed E-state index contributed by atoms with van der Waals surface area (Å²) in [5.41, 5.74) is 3.26. The Morgan fingerprint density at radius 3 is 2.79 bits per heavy atom. The molecule has 0 saturated carbocycles. The molecule has 0 bridgehead atoms. The van der Waals surface area contributed by atoms with Crippen LogP contribution in [-0.2, 0) is 4.74 Å². The van der Waals surface area contributed by atoms with E-state index in [0.717, 1.165) is 12.2 Å². The summed E-state index contributed by atoms with van der Waals surface area (Å²) in [6.07, 6.45) is -0.0128. The van der Waals surface area contributed by atoms with Gasteiger partial charge in [0.15, 0.2) is 5.75 Å². The molecule has 1 fully saturated rings. The standard InChI is InChI=1S/C18H20N2O4/c1-13-5-3-4-6-15(13)18-12-19(9-10-24-18)14-7-8-16(20(21)22)17(11-14)23-2/h3-8,11,18H,9-10,12H2,1-2H3. The van der Waals surface area contributed by atoms with Crippen molar-refractivity contribution in [2.45, 2.75) is 13.0 Å². The molecule has 0 spiro atoms. The SMILES string of the molecule is COc1cc(N2CCOC(c3ccccc3C)C2)ccc1[N+](=O)[O-]. The fraction of sp³-hybridized carbons (Fsp3) is 0.333. The second-order valence-corrected chi connectivity index (χ2v) is 5.78. The van der Waals surface area contributed by atoms with Crippen LogP contribution >= 0.6 is 0 Å². The fourth-order valence-electron chi connectivity index (χ4n) is 3.03. The third-order valence-corrected chi connectivity index (χ3v) is 4.33. The van der Waals surface area contributed by atoms with Crippen LogP contribution in [0.2, 0.25) is 0 Å². The van der Waals surface area contributed by atoms with Crippen molar-refractivity contribution in [3.63, 3.8) is 0 Å². The van der Waals surface area contributed by atoms with Crippen molar-refractivity contribution in [2.24, 2.45) is 0 Å². The maximum Gasteiger partial charge on any atom is 0.311 e. The first-order valence-electron chi connectivity index (χ1n) is 7.84. The number of benzene rings is 2. The van der Waals surface area contributed by atoms with Crippen LogP contribution in [-0.4, -0.2) is 31.7 Å².